The predicted molar refractivity (Wildman–Crippen MR) is 68.8 cm³/mol. The molecule has 0 heterocycles. The lowest BCUT2D eigenvalue weighted by atomic mass is 10.0. The first-order valence-electron chi connectivity index (χ1n) is 4.83. The number of carbonyl (C=O) groups excluding carboxylic acids is 1. The first-order chi connectivity index (χ1) is 7.54. The van der Waals surface area contributed by atoms with E-state index in [1.54, 1.807) is 0 Å². The van der Waals surface area contributed by atoms with Gasteiger partial charge in [-0.25, -0.2) is 4.79 Å². The van der Waals surface area contributed by atoms with Gasteiger partial charge in [-0.15, -0.1) is 0 Å². The van der Waals surface area contributed by atoms with Crippen molar-refractivity contribution in [1.82, 2.24) is 0 Å². The largest absolute Gasteiger partial charge is 0.413 e. The van der Waals surface area contributed by atoms with Crippen LogP contribution in [0.3, 0.4) is 0 Å². The third-order valence-electron chi connectivity index (χ3n) is 2.33. The molecule has 5 heteroatoms. The summed E-state index contributed by atoms with van der Waals surface area (Å²) >= 11 is 2.18. The van der Waals surface area contributed by atoms with E-state index in [4.69, 9.17) is 15.2 Å². The summed E-state index contributed by atoms with van der Waals surface area (Å²) in [7, 11) is 1.49. The van der Waals surface area contributed by atoms with E-state index >= 15 is 0 Å². The topological polar surface area (TPSA) is 61.6 Å². The Bertz CT molecular complexity index is 377. The summed E-state index contributed by atoms with van der Waals surface area (Å²) in [5.74, 6) is -1.09. The zero-order chi connectivity index (χ0) is 12.2. The Morgan fingerprint density at radius 1 is 1.56 bits per heavy atom. The van der Waals surface area contributed by atoms with Crippen molar-refractivity contribution < 1.29 is 14.3 Å². The van der Waals surface area contributed by atoms with Crippen LogP contribution in [0.15, 0.2) is 24.3 Å². The lowest BCUT2D eigenvalue weighted by Gasteiger charge is -2.30. The number of hydrogen-bond donors (Lipinski definition) is 1. The number of hydrogen-bond acceptors (Lipinski definition) is 3. The van der Waals surface area contributed by atoms with Gasteiger partial charge in [-0.2, -0.15) is 0 Å². The van der Waals surface area contributed by atoms with Gasteiger partial charge in [0.05, 0.1) is 0 Å². The molecule has 1 atom stereocenters. The summed E-state index contributed by atoms with van der Waals surface area (Å²) < 4.78 is 11.4. The van der Waals surface area contributed by atoms with Gasteiger partial charge in [-0.1, -0.05) is 19.1 Å². The number of benzene rings is 1. The van der Waals surface area contributed by atoms with Gasteiger partial charge in [0, 0.05) is 22.7 Å². The quantitative estimate of drug-likeness (QED) is 0.680. The Morgan fingerprint density at radius 2 is 2.25 bits per heavy atom. The van der Waals surface area contributed by atoms with Gasteiger partial charge in [0.15, 0.2) is 0 Å². The highest BCUT2D eigenvalue weighted by molar-refractivity contribution is 14.1. The van der Waals surface area contributed by atoms with Crippen LogP contribution in [0.2, 0.25) is 0 Å². The molecule has 88 valence electrons. The van der Waals surface area contributed by atoms with E-state index in [0.717, 1.165) is 9.13 Å². The molecule has 0 saturated heterocycles. The maximum atomic E-state index is 10.9. The lowest BCUT2D eigenvalue weighted by molar-refractivity contribution is -0.193. The Kier molecular flexibility index (Phi) is 4.55. The van der Waals surface area contributed by atoms with Gasteiger partial charge in [0.2, 0.25) is 5.79 Å². The van der Waals surface area contributed by atoms with Crippen LogP contribution in [0.1, 0.15) is 18.9 Å². The molecule has 1 rings (SSSR count). The number of halogens is 1. The molecule has 0 spiro atoms. The van der Waals surface area contributed by atoms with Crippen LogP contribution < -0.4 is 5.73 Å². The lowest BCUT2D eigenvalue weighted by Crippen LogP contribution is -2.36. The Hall–Kier alpha value is -0.820. The van der Waals surface area contributed by atoms with Gasteiger partial charge in [-0.3, -0.25) is 0 Å². The van der Waals surface area contributed by atoms with Crippen LogP contribution in [0.5, 0.6) is 0 Å². The number of methoxy groups -OCH3 is 1. The second-order valence-corrected chi connectivity index (χ2v) is 4.49. The summed E-state index contributed by atoms with van der Waals surface area (Å²) in [5.41, 5.74) is 5.84. The van der Waals surface area contributed by atoms with Crippen molar-refractivity contribution in [3.05, 3.63) is 33.4 Å². The molecule has 1 aromatic carbocycles. The summed E-state index contributed by atoms with van der Waals surface area (Å²) in [6.45, 7) is 1.87. The molecular formula is C11H14INO3. The van der Waals surface area contributed by atoms with Crippen molar-refractivity contribution >= 4 is 28.7 Å². The molecule has 0 aliphatic heterocycles. The molecule has 2 N–H and O–H groups in total. The average molecular weight is 335 g/mol. The van der Waals surface area contributed by atoms with Crippen LogP contribution in [0.4, 0.5) is 4.79 Å². The summed E-state index contributed by atoms with van der Waals surface area (Å²) in [5, 5.41) is 0. The van der Waals surface area contributed by atoms with Crippen molar-refractivity contribution in [3.63, 3.8) is 0 Å². The third kappa shape index (κ3) is 2.85. The molecule has 0 aromatic heterocycles. The van der Waals surface area contributed by atoms with E-state index in [9.17, 15) is 4.79 Å². The van der Waals surface area contributed by atoms with Gasteiger partial charge in [0.1, 0.15) is 0 Å². The number of amides is 1. The van der Waals surface area contributed by atoms with Gasteiger partial charge < -0.3 is 15.2 Å². The predicted octanol–water partition coefficient (Wildman–Crippen LogP) is 2.60. The van der Waals surface area contributed by atoms with Crippen LogP contribution in [0.25, 0.3) is 0 Å². The van der Waals surface area contributed by atoms with Crippen molar-refractivity contribution in [2.24, 2.45) is 5.73 Å². The van der Waals surface area contributed by atoms with Crippen LogP contribution in [0, 0.1) is 3.57 Å². The summed E-state index contributed by atoms with van der Waals surface area (Å²) in [6, 6.07) is 7.57. The fourth-order valence-corrected chi connectivity index (χ4v) is 2.07. The summed E-state index contributed by atoms with van der Waals surface area (Å²) in [6.07, 6.45) is -0.352. The first kappa shape index (κ1) is 13.2. The van der Waals surface area contributed by atoms with Crippen molar-refractivity contribution in [2.45, 2.75) is 19.1 Å². The third-order valence-corrected chi connectivity index (χ3v) is 3.00. The second kappa shape index (κ2) is 5.49. The van der Waals surface area contributed by atoms with Crippen LogP contribution >= 0.6 is 22.6 Å². The molecule has 4 nitrogen and oxygen atoms in total. The SMILES string of the molecule is CC[C@@](OC)(OC(N)=O)c1cccc(I)c1. The highest BCUT2D eigenvalue weighted by Gasteiger charge is 2.34. The maximum absolute atomic E-state index is 10.9. The van der Waals surface area contributed by atoms with Crippen molar-refractivity contribution in [3.8, 4) is 0 Å². The number of carbonyl (C=O) groups is 1. The average Bonchev–Trinajstić information content (AvgIpc) is 2.25. The number of rotatable bonds is 4. The minimum Gasteiger partial charge on any atom is -0.413 e. The zero-order valence-electron chi connectivity index (χ0n) is 9.20. The van der Waals surface area contributed by atoms with Gasteiger partial charge in [-0.05, 0) is 34.7 Å². The molecule has 0 fully saturated rings. The molecular weight excluding hydrogens is 321 g/mol. The minimum absolute atomic E-state index is 0.493. The first-order valence-corrected chi connectivity index (χ1v) is 5.91. The number of ether oxygens (including phenoxy) is 2. The molecule has 1 amide bonds. The Balaban J connectivity index is 3.14. The standard InChI is InChI=1S/C11H14INO3/c1-3-11(15-2,16-10(13)14)8-5-4-6-9(12)7-8/h4-7H,3H2,1-2H3,(H2,13,14)/t11-/m1/s1. The maximum Gasteiger partial charge on any atom is 0.407 e. The highest BCUT2D eigenvalue weighted by atomic mass is 127. The zero-order valence-corrected chi connectivity index (χ0v) is 11.4. The van der Waals surface area contributed by atoms with Crippen molar-refractivity contribution in [2.75, 3.05) is 7.11 Å². The minimum atomic E-state index is -1.09. The number of nitrogens with two attached hydrogens (primary N) is 1. The van der Waals surface area contributed by atoms with Gasteiger partial charge >= 0.3 is 6.09 Å². The monoisotopic (exact) mass is 335 g/mol. The molecule has 16 heavy (non-hydrogen) atoms. The Morgan fingerprint density at radius 3 is 2.69 bits per heavy atom. The Labute approximate surface area is 108 Å². The molecule has 1 aromatic rings. The molecule has 0 bridgehead atoms. The fourth-order valence-electron chi connectivity index (χ4n) is 1.53. The van der Waals surface area contributed by atoms with E-state index in [1.165, 1.54) is 7.11 Å². The van der Waals surface area contributed by atoms with Gasteiger partial charge in [0.25, 0.3) is 0 Å². The van der Waals surface area contributed by atoms with Crippen molar-refractivity contribution in [1.29, 1.82) is 0 Å². The molecule has 0 radical (unpaired) electrons. The molecule has 0 aliphatic rings. The highest BCUT2D eigenvalue weighted by Crippen LogP contribution is 2.31. The summed E-state index contributed by atoms with van der Waals surface area (Å²) in [4.78, 5) is 10.9. The van der Waals surface area contributed by atoms with E-state index in [0.29, 0.717) is 6.42 Å². The second-order valence-electron chi connectivity index (χ2n) is 3.24. The van der Waals surface area contributed by atoms with E-state index in [1.807, 2.05) is 31.2 Å². The van der Waals surface area contributed by atoms with E-state index < -0.39 is 11.9 Å². The van der Waals surface area contributed by atoms with E-state index in [2.05, 4.69) is 22.6 Å². The van der Waals surface area contributed by atoms with Crippen LogP contribution in [-0.4, -0.2) is 13.2 Å². The molecule has 0 aliphatic carbocycles. The fraction of sp³-hybridized carbons (Fsp3) is 0.364. The van der Waals surface area contributed by atoms with Crippen LogP contribution in [-0.2, 0) is 15.3 Å². The normalized spacial score (nSPS) is 14.2. The van der Waals surface area contributed by atoms with E-state index in [-0.39, 0.29) is 0 Å². The number of primary amides is 1. The smallest absolute Gasteiger partial charge is 0.407 e. The molecule has 0 unspecified atom stereocenters. The molecule has 0 saturated carbocycles.